The zero-order valence-electron chi connectivity index (χ0n) is 15.7. The molecule has 1 saturated heterocycles. The molecule has 0 radical (unpaired) electrons. The average molecular weight is 405 g/mol. The van der Waals surface area contributed by atoms with Crippen molar-refractivity contribution in [3.63, 3.8) is 0 Å². The van der Waals surface area contributed by atoms with E-state index < -0.39 is 0 Å². The first-order valence-corrected chi connectivity index (χ1v) is 9.80. The maximum absolute atomic E-state index is 6.02. The van der Waals surface area contributed by atoms with Gasteiger partial charge < -0.3 is 9.64 Å². The molecule has 0 N–H and O–H groups in total. The lowest BCUT2D eigenvalue weighted by Gasteiger charge is -2.37. The molecule has 0 aromatic heterocycles. The molecule has 2 aromatic carbocycles. The molecule has 0 amide bonds. The summed E-state index contributed by atoms with van der Waals surface area (Å²) in [5, 5.41) is 0.204. The Kier molecular flexibility index (Phi) is 9.05. The van der Waals surface area contributed by atoms with Crippen LogP contribution in [-0.2, 0) is 6.42 Å². The first-order valence-electron chi connectivity index (χ1n) is 9.28. The van der Waals surface area contributed by atoms with Gasteiger partial charge in [0, 0.05) is 43.7 Å². The molecule has 1 atom stereocenters. The van der Waals surface area contributed by atoms with E-state index >= 15 is 0 Å². The van der Waals surface area contributed by atoms with Crippen molar-refractivity contribution >= 4 is 30.7 Å². The Balaban J connectivity index is 0.00000261. The number of hydrogen-bond donors (Lipinski definition) is 1. The van der Waals surface area contributed by atoms with Gasteiger partial charge in [-0.05, 0) is 30.2 Å². The van der Waals surface area contributed by atoms with Crippen LogP contribution in [0.25, 0.3) is 0 Å². The second-order valence-electron chi connectivity index (χ2n) is 6.69. The van der Waals surface area contributed by atoms with E-state index in [9.17, 15) is 0 Å². The minimum Gasteiger partial charge on any atom is -0.492 e. The van der Waals surface area contributed by atoms with E-state index in [-0.39, 0.29) is 17.7 Å². The van der Waals surface area contributed by atoms with Crippen molar-refractivity contribution in [3.8, 4) is 5.75 Å². The van der Waals surface area contributed by atoms with E-state index in [0.29, 0.717) is 6.61 Å². The molecule has 0 spiro atoms. The minimum absolute atomic E-state index is 0. The van der Waals surface area contributed by atoms with Gasteiger partial charge in [0.2, 0.25) is 0 Å². The van der Waals surface area contributed by atoms with Crippen LogP contribution < -0.4 is 9.64 Å². The summed E-state index contributed by atoms with van der Waals surface area (Å²) in [7, 11) is 0. The Morgan fingerprint density at radius 1 is 1.00 bits per heavy atom. The van der Waals surface area contributed by atoms with E-state index in [4.69, 9.17) is 17.4 Å². The van der Waals surface area contributed by atoms with Gasteiger partial charge in [0.15, 0.2) is 0 Å². The predicted molar refractivity (Wildman–Crippen MR) is 121 cm³/mol. The number of para-hydroxylation sites is 2. The Morgan fingerprint density at radius 3 is 2.37 bits per heavy atom. The number of hydrogen-bond acceptors (Lipinski definition) is 4. The van der Waals surface area contributed by atoms with Gasteiger partial charge in [0.05, 0.1) is 0 Å². The van der Waals surface area contributed by atoms with Crippen molar-refractivity contribution in [2.75, 3.05) is 44.2 Å². The smallest absolute Gasteiger partial charge is 0.122 e. The maximum Gasteiger partial charge on any atom is 0.122 e. The van der Waals surface area contributed by atoms with Crippen LogP contribution in [0, 0.1) is 0 Å². The third-order valence-corrected chi connectivity index (χ3v) is 5.04. The molecule has 0 bridgehead atoms. The average Bonchev–Trinajstić information content (AvgIpc) is 2.69. The molecule has 27 heavy (non-hydrogen) atoms. The number of nitrogens with zero attached hydrogens (tertiary/aromatic N) is 2. The molecule has 146 valence electrons. The van der Waals surface area contributed by atoms with Gasteiger partial charge in [-0.1, -0.05) is 42.5 Å². The Labute approximate surface area is 174 Å². The lowest BCUT2D eigenvalue weighted by Crippen LogP contribution is -2.48. The topological polar surface area (TPSA) is 15.7 Å². The highest BCUT2D eigenvalue weighted by atomic mass is 35.5. The van der Waals surface area contributed by atoms with Crippen molar-refractivity contribution in [1.29, 1.82) is 0 Å². The third kappa shape index (κ3) is 6.49. The first-order chi connectivity index (χ1) is 12.8. The summed E-state index contributed by atoms with van der Waals surface area (Å²) in [4.78, 5) is 4.93. The van der Waals surface area contributed by atoms with Gasteiger partial charge in [-0.15, -0.1) is 19.0 Å². The number of thiol groups is 1. The molecule has 1 aliphatic rings. The monoisotopic (exact) mass is 404 g/mol. The number of ether oxygens (including phenoxy) is 1. The first kappa shape index (κ1) is 21.7. The van der Waals surface area contributed by atoms with E-state index in [1.807, 2.05) is 24.3 Å². The number of piperazine rings is 1. The maximum atomic E-state index is 6.02. The summed E-state index contributed by atoms with van der Waals surface area (Å²) in [6, 6.07) is 18.8. The second-order valence-corrected chi connectivity index (χ2v) is 7.42. The summed E-state index contributed by atoms with van der Waals surface area (Å²) < 4.78 is 6.02. The normalized spacial score (nSPS) is 15.7. The van der Waals surface area contributed by atoms with Crippen LogP contribution in [-0.4, -0.2) is 49.5 Å². The molecule has 2 aromatic rings. The van der Waals surface area contributed by atoms with Crippen LogP contribution in [0.2, 0.25) is 0 Å². The van der Waals surface area contributed by atoms with Crippen LogP contribution in [0.5, 0.6) is 5.75 Å². The molecular weight excluding hydrogens is 376 g/mol. The molecule has 1 heterocycles. The van der Waals surface area contributed by atoms with Crippen molar-refractivity contribution in [2.24, 2.45) is 0 Å². The molecule has 1 fully saturated rings. The molecule has 3 nitrogen and oxygen atoms in total. The molecule has 3 rings (SSSR count). The number of allylic oxidation sites excluding steroid dienone is 1. The predicted octanol–water partition coefficient (Wildman–Crippen LogP) is 4.34. The van der Waals surface area contributed by atoms with Gasteiger partial charge in [0.25, 0.3) is 0 Å². The van der Waals surface area contributed by atoms with Crippen molar-refractivity contribution < 1.29 is 4.74 Å². The van der Waals surface area contributed by atoms with Gasteiger partial charge in [-0.25, -0.2) is 0 Å². The van der Waals surface area contributed by atoms with Crippen LogP contribution in [0.3, 0.4) is 0 Å². The SMILES string of the molecule is C=CCc1ccccc1OCC(S)CN1CCN(c2ccccc2)CC1.Cl. The summed E-state index contributed by atoms with van der Waals surface area (Å²) in [5.41, 5.74) is 2.50. The minimum atomic E-state index is 0. The van der Waals surface area contributed by atoms with Gasteiger partial charge in [-0.3, -0.25) is 4.90 Å². The Morgan fingerprint density at radius 2 is 1.67 bits per heavy atom. The lowest BCUT2D eigenvalue weighted by atomic mass is 10.1. The van der Waals surface area contributed by atoms with Crippen molar-refractivity contribution in [2.45, 2.75) is 11.7 Å². The van der Waals surface area contributed by atoms with Crippen molar-refractivity contribution in [3.05, 3.63) is 72.8 Å². The fourth-order valence-electron chi connectivity index (χ4n) is 3.33. The highest BCUT2D eigenvalue weighted by molar-refractivity contribution is 7.81. The van der Waals surface area contributed by atoms with E-state index in [1.165, 1.54) is 11.3 Å². The van der Waals surface area contributed by atoms with E-state index in [1.54, 1.807) is 0 Å². The summed E-state index contributed by atoms with van der Waals surface area (Å²) in [6.07, 6.45) is 2.74. The molecule has 1 unspecified atom stereocenters. The van der Waals surface area contributed by atoms with Gasteiger partial charge in [0.1, 0.15) is 12.4 Å². The Bertz CT molecular complexity index is 690. The molecule has 5 heteroatoms. The van der Waals surface area contributed by atoms with E-state index in [2.05, 4.69) is 52.8 Å². The second kappa shape index (κ2) is 11.3. The molecular formula is C22H29ClN2OS. The van der Waals surface area contributed by atoms with Crippen LogP contribution >= 0.6 is 25.0 Å². The number of rotatable bonds is 8. The highest BCUT2D eigenvalue weighted by Gasteiger charge is 2.19. The van der Waals surface area contributed by atoms with Gasteiger partial charge >= 0.3 is 0 Å². The summed E-state index contributed by atoms with van der Waals surface area (Å²) >= 11 is 4.75. The zero-order chi connectivity index (χ0) is 18.2. The fourth-order valence-corrected chi connectivity index (χ4v) is 3.64. The number of anilines is 1. The number of benzene rings is 2. The fraction of sp³-hybridized carbons (Fsp3) is 0.364. The van der Waals surface area contributed by atoms with Crippen LogP contribution in [0.4, 0.5) is 5.69 Å². The Hall–Kier alpha value is -1.62. The quantitative estimate of drug-likeness (QED) is 0.520. The van der Waals surface area contributed by atoms with Crippen molar-refractivity contribution in [1.82, 2.24) is 4.90 Å². The zero-order valence-corrected chi connectivity index (χ0v) is 17.4. The molecule has 0 saturated carbocycles. The standard InChI is InChI=1S/C22H28N2OS.ClH/c1-2-8-19-9-6-7-12-22(19)25-18-21(26)17-23-13-15-24(16-14-23)20-10-4-3-5-11-20;/h2-7,9-12,21,26H,1,8,13-18H2;1H. The largest absolute Gasteiger partial charge is 0.492 e. The summed E-state index contributed by atoms with van der Waals surface area (Å²) in [5.74, 6) is 0.945. The van der Waals surface area contributed by atoms with E-state index in [0.717, 1.165) is 44.9 Å². The lowest BCUT2D eigenvalue weighted by molar-refractivity contribution is 0.230. The summed E-state index contributed by atoms with van der Waals surface area (Å²) in [6.45, 7) is 9.65. The highest BCUT2D eigenvalue weighted by Crippen LogP contribution is 2.20. The third-order valence-electron chi connectivity index (χ3n) is 4.73. The van der Waals surface area contributed by atoms with Crippen LogP contribution in [0.1, 0.15) is 5.56 Å². The number of halogens is 1. The van der Waals surface area contributed by atoms with Crippen LogP contribution in [0.15, 0.2) is 67.3 Å². The molecule has 0 aliphatic carbocycles. The molecule has 1 aliphatic heterocycles. The van der Waals surface area contributed by atoms with Gasteiger partial charge in [-0.2, -0.15) is 12.6 Å².